The lowest BCUT2D eigenvalue weighted by Gasteiger charge is -2.34. The summed E-state index contributed by atoms with van der Waals surface area (Å²) in [7, 11) is 0. The van der Waals surface area contributed by atoms with Gasteiger partial charge in [-0.25, -0.2) is 4.79 Å². The molecule has 0 radical (unpaired) electrons. The fourth-order valence-corrected chi connectivity index (χ4v) is 5.52. The van der Waals surface area contributed by atoms with E-state index >= 15 is 0 Å². The maximum Gasteiger partial charge on any atom is 0.416 e. The predicted octanol–water partition coefficient (Wildman–Crippen LogP) is 9.24. The van der Waals surface area contributed by atoms with Crippen LogP contribution in [-0.2, 0) is 11.0 Å². The summed E-state index contributed by atoms with van der Waals surface area (Å²) < 4.78 is 44.3. The molecule has 3 aromatic rings. The largest absolute Gasteiger partial charge is 0.478 e. The highest BCUT2D eigenvalue weighted by molar-refractivity contribution is 7.15. The van der Waals surface area contributed by atoms with E-state index in [0.717, 1.165) is 17.0 Å². The number of aliphatic carboxylic acids is 1. The van der Waals surface area contributed by atoms with Crippen molar-refractivity contribution < 1.29 is 32.9 Å². The molecule has 0 amide bonds. The third kappa shape index (κ3) is 6.84. The quantitative estimate of drug-likeness (QED) is 0.275. The number of aliphatic hydroxyl groups is 1. The van der Waals surface area contributed by atoms with Gasteiger partial charge in [-0.3, -0.25) is 0 Å². The summed E-state index contributed by atoms with van der Waals surface area (Å²) in [5.74, 6) is -1.27. The second-order valence-corrected chi connectivity index (χ2v) is 12.5. The Bertz CT molecular complexity index is 1290. The molecule has 1 heterocycles. The summed E-state index contributed by atoms with van der Waals surface area (Å²) in [6.45, 7) is 8.83. The Morgan fingerprint density at radius 1 is 0.947 bits per heavy atom. The fraction of sp³-hybridized carbons (Fsp3) is 0.393. The number of halogens is 5. The Kier molecular flexibility index (Phi) is 8.83. The average Bonchev–Trinajstić information content (AvgIpc) is 3.30. The topological polar surface area (TPSA) is 66.8 Å². The lowest BCUT2D eigenvalue weighted by molar-refractivity contribution is -0.152. The van der Waals surface area contributed by atoms with Crippen LogP contribution in [0.1, 0.15) is 69.1 Å². The number of hydrogen-bond donors (Lipinski definition) is 2. The van der Waals surface area contributed by atoms with E-state index in [1.807, 2.05) is 20.8 Å². The molecule has 0 bridgehead atoms. The van der Waals surface area contributed by atoms with Crippen molar-refractivity contribution in [2.45, 2.75) is 64.8 Å². The number of thiophene rings is 1. The van der Waals surface area contributed by atoms with Crippen LogP contribution in [0.15, 0.2) is 48.5 Å². The van der Waals surface area contributed by atoms with Gasteiger partial charge >= 0.3 is 12.1 Å². The Morgan fingerprint density at radius 3 is 2.08 bits per heavy atom. The summed E-state index contributed by atoms with van der Waals surface area (Å²) in [6.07, 6.45) is -4.98. The van der Waals surface area contributed by atoms with Gasteiger partial charge in [-0.15, -0.1) is 11.3 Å². The zero-order valence-corrected chi connectivity index (χ0v) is 23.8. The normalized spacial score (nSPS) is 14.3. The van der Waals surface area contributed by atoms with Crippen molar-refractivity contribution >= 4 is 40.5 Å². The highest BCUT2D eigenvalue weighted by Gasteiger charge is 2.34. The number of ether oxygens (including phenoxy) is 1. The number of carboxylic acids is 1. The van der Waals surface area contributed by atoms with Crippen molar-refractivity contribution in [1.29, 1.82) is 0 Å². The third-order valence-electron chi connectivity index (χ3n) is 6.29. The highest BCUT2D eigenvalue weighted by atomic mass is 35.5. The van der Waals surface area contributed by atoms with Crippen molar-refractivity contribution in [3.63, 3.8) is 0 Å². The molecule has 0 aliphatic heterocycles. The number of aliphatic hydroxyl groups excluding tert-OH is 1. The molecule has 38 heavy (non-hydrogen) atoms. The van der Waals surface area contributed by atoms with Crippen molar-refractivity contribution in [3.05, 3.63) is 74.6 Å². The SMILES string of the molecule is CC(C)(Oc1ccc(C(CC(O)c2ccc(-c3ccc(C(F)(F)F)cc3)s2)C(C)(C)C)c(Cl)c1Cl)C(=O)O. The monoisotopic (exact) mass is 588 g/mol. The first kappa shape index (κ1) is 30.3. The standard InChI is InChI=1S/C28H29Cl2F3O4S/c1-26(2,3)18(17-10-11-20(24(30)23(17)29)37-27(4,5)25(35)36)14-19(34)22-13-12-21(38-22)15-6-8-16(9-7-15)28(31,32)33/h6-13,18-19,34H,14H2,1-5H3,(H,35,36). The second-order valence-electron chi connectivity index (χ2n) is 10.6. The zero-order chi connectivity index (χ0) is 28.6. The minimum Gasteiger partial charge on any atom is -0.478 e. The Morgan fingerprint density at radius 2 is 1.55 bits per heavy atom. The molecule has 1 aromatic heterocycles. The van der Waals surface area contributed by atoms with Crippen LogP contribution in [0.2, 0.25) is 10.0 Å². The van der Waals surface area contributed by atoms with Crippen LogP contribution < -0.4 is 4.74 Å². The number of hydrogen-bond acceptors (Lipinski definition) is 4. The molecule has 2 N–H and O–H groups in total. The van der Waals surface area contributed by atoms with E-state index in [9.17, 15) is 28.2 Å². The Labute approximate surface area is 234 Å². The first-order valence-corrected chi connectivity index (χ1v) is 13.3. The number of rotatable bonds is 8. The number of carbonyl (C=O) groups is 1. The molecule has 0 spiro atoms. The van der Waals surface area contributed by atoms with Crippen LogP contribution in [0.3, 0.4) is 0 Å². The molecule has 206 valence electrons. The van der Waals surface area contributed by atoms with Crippen molar-refractivity contribution in [2.75, 3.05) is 0 Å². The van der Waals surface area contributed by atoms with E-state index in [1.165, 1.54) is 37.3 Å². The molecular formula is C28H29Cl2F3O4S. The van der Waals surface area contributed by atoms with Gasteiger partial charge in [0.1, 0.15) is 10.8 Å². The van der Waals surface area contributed by atoms with E-state index in [-0.39, 0.29) is 27.1 Å². The highest BCUT2D eigenvalue weighted by Crippen LogP contribution is 2.48. The van der Waals surface area contributed by atoms with Gasteiger partial charge in [-0.2, -0.15) is 13.2 Å². The van der Waals surface area contributed by atoms with E-state index in [0.29, 0.717) is 22.4 Å². The van der Waals surface area contributed by atoms with E-state index < -0.39 is 29.4 Å². The Hall–Kier alpha value is -2.26. The molecule has 0 fully saturated rings. The van der Waals surface area contributed by atoms with Gasteiger partial charge < -0.3 is 14.9 Å². The van der Waals surface area contributed by atoms with Crippen LogP contribution in [-0.4, -0.2) is 21.8 Å². The van der Waals surface area contributed by atoms with Crippen LogP contribution in [0.5, 0.6) is 5.75 Å². The molecule has 4 nitrogen and oxygen atoms in total. The lowest BCUT2D eigenvalue weighted by Crippen LogP contribution is -2.38. The van der Waals surface area contributed by atoms with Crippen LogP contribution in [0.25, 0.3) is 10.4 Å². The van der Waals surface area contributed by atoms with Gasteiger partial charge in [-0.05, 0) is 73.1 Å². The number of carboxylic acid groups (broad SMARTS) is 1. The van der Waals surface area contributed by atoms with E-state index in [1.54, 1.807) is 24.3 Å². The smallest absolute Gasteiger partial charge is 0.416 e. The van der Waals surface area contributed by atoms with Gasteiger partial charge in [-0.1, -0.05) is 62.2 Å². The Balaban J connectivity index is 1.86. The first-order chi connectivity index (χ1) is 17.4. The molecule has 0 aliphatic carbocycles. The van der Waals surface area contributed by atoms with E-state index in [4.69, 9.17) is 27.9 Å². The number of benzene rings is 2. The maximum atomic E-state index is 12.9. The van der Waals surface area contributed by atoms with E-state index in [2.05, 4.69) is 0 Å². The number of alkyl halides is 3. The summed E-state index contributed by atoms with van der Waals surface area (Å²) in [4.78, 5) is 12.9. The fourth-order valence-electron chi connectivity index (χ4n) is 4.01. The molecule has 10 heteroatoms. The molecule has 2 unspecified atom stereocenters. The molecular weight excluding hydrogens is 560 g/mol. The van der Waals surface area contributed by atoms with Crippen LogP contribution in [0, 0.1) is 5.41 Å². The predicted molar refractivity (Wildman–Crippen MR) is 145 cm³/mol. The van der Waals surface area contributed by atoms with Crippen molar-refractivity contribution in [3.8, 4) is 16.2 Å². The maximum absolute atomic E-state index is 12.9. The van der Waals surface area contributed by atoms with Crippen molar-refractivity contribution in [1.82, 2.24) is 0 Å². The van der Waals surface area contributed by atoms with Gasteiger partial charge in [0.05, 0.1) is 16.7 Å². The van der Waals surface area contributed by atoms with Crippen molar-refractivity contribution in [2.24, 2.45) is 5.41 Å². The van der Waals surface area contributed by atoms with Gasteiger partial charge in [0, 0.05) is 9.75 Å². The first-order valence-electron chi connectivity index (χ1n) is 11.8. The lowest BCUT2D eigenvalue weighted by atomic mass is 9.73. The van der Waals surface area contributed by atoms with Crippen LogP contribution >= 0.6 is 34.5 Å². The average molecular weight is 590 g/mol. The minimum absolute atomic E-state index is 0.0861. The summed E-state index contributed by atoms with van der Waals surface area (Å²) in [5.41, 5.74) is -1.27. The molecule has 3 rings (SSSR count). The van der Waals surface area contributed by atoms with Gasteiger partial charge in [0.25, 0.3) is 0 Å². The summed E-state index contributed by atoms with van der Waals surface area (Å²) >= 11 is 14.4. The molecule has 0 saturated carbocycles. The van der Waals surface area contributed by atoms with Crippen LogP contribution in [0.4, 0.5) is 13.2 Å². The zero-order valence-electron chi connectivity index (χ0n) is 21.5. The second kappa shape index (κ2) is 11.1. The third-order valence-corrected chi connectivity index (χ3v) is 8.40. The van der Waals surface area contributed by atoms with Gasteiger partial charge in [0.15, 0.2) is 5.60 Å². The molecule has 0 saturated heterocycles. The minimum atomic E-state index is -4.40. The summed E-state index contributed by atoms with van der Waals surface area (Å²) in [6, 6.07) is 11.8. The summed E-state index contributed by atoms with van der Waals surface area (Å²) in [5, 5.41) is 20.8. The molecule has 2 atom stereocenters. The van der Waals surface area contributed by atoms with Gasteiger partial charge in [0.2, 0.25) is 0 Å². The molecule has 0 aliphatic rings. The molecule has 2 aromatic carbocycles.